The van der Waals surface area contributed by atoms with Gasteiger partial charge in [-0.25, -0.2) is 0 Å². The number of nitrogens with zero attached hydrogens (tertiary/aromatic N) is 2. The minimum Gasteiger partial charge on any atom is -0.378 e. The zero-order valence-corrected chi connectivity index (χ0v) is 14.3. The van der Waals surface area contributed by atoms with Gasteiger partial charge in [-0.1, -0.05) is 13.8 Å². The van der Waals surface area contributed by atoms with Crippen LogP contribution in [0.3, 0.4) is 0 Å². The number of anilines is 1. The quantitative estimate of drug-likeness (QED) is 0.750. The summed E-state index contributed by atoms with van der Waals surface area (Å²) < 4.78 is 5.95. The van der Waals surface area contributed by atoms with E-state index in [4.69, 9.17) is 4.74 Å². The Labute approximate surface area is 139 Å². The molecular formula is C19H26N2O2. The van der Waals surface area contributed by atoms with Gasteiger partial charge in [-0.2, -0.15) is 5.26 Å². The van der Waals surface area contributed by atoms with Gasteiger partial charge in [-0.15, -0.1) is 0 Å². The van der Waals surface area contributed by atoms with E-state index in [-0.39, 0.29) is 5.78 Å². The second-order valence-corrected chi connectivity index (χ2v) is 6.64. The Kier molecular flexibility index (Phi) is 6.18. The summed E-state index contributed by atoms with van der Waals surface area (Å²) in [5.41, 5.74) is 2.17. The summed E-state index contributed by atoms with van der Waals surface area (Å²) in [6, 6.07) is 7.56. The SMILES string of the molecule is CC(=O)c1ccc(C#N)c(N2CCC(OCCC(C)C)CC2)c1. The zero-order chi connectivity index (χ0) is 16.8. The highest BCUT2D eigenvalue weighted by Crippen LogP contribution is 2.26. The average Bonchev–Trinajstić information content (AvgIpc) is 2.54. The van der Waals surface area contributed by atoms with Crippen LogP contribution < -0.4 is 4.90 Å². The number of hydrogen-bond acceptors (Lipinski definition) is 4. The molecule has 1 heterocycles. The van der Waals surface area contributed by atoms with E-state index in [9.17, 15) is 10.1 Å². The monoisotopic (exact) mass is 314 g/mol. The summed E-state index contributed by atoms with van der Waals surface area (Å²) in [4.78, 5) is 13.8. The van der Waals surface area contributed by atoms with Crippen LogP contribution in [0.5, 0.6) is 0 Å². The van der Waals surface area contributed by atoms with Gasteiger partial charge in [0.25, 0.3) is 0 Å². The van der Waals surface area contributed by atoms with E-state index in [1.54, 1.807) is 19.1 Å². The minimum absolute atomic E-state index is 0.0302. The van der Waals surface area contributed by atoms with Crippen molar-refractivity contribution in [2.45, 2.75) is 46.1 Å². The maximum atomic E-state index is 11.6. The van der Waals surface area contributed by atoms with Crippen LogP contribution >= 0.6 is 0 Å². The van der Waals surface area contributed by atoms with Crippen molar-refractivity contribution in [2.24, 2.45) is 5.92 Å². The summed E-state index contributed by atoms with van der Waals surface area (Å²) in [5, 5.41) is 9.31. The van der Waals surface area contributed by atoms with Crippen molar-refractivity contribution in [3.05, 3.63) is 29.3 Å². The largest absolute Gasteiger partial charge is 0.378 e. The molecule has 0 aliphatic carbocycles. The first-order valence-corrected chi connectivity index (χ1v) is 8.43. The van der Waals surface area contributed by atoms with Crippen LogP contribution in [0.4, 0.5) is 5.69 Å². The van der Waals surface area contributed by atoms with E-state index < -0.39 is 0 Å². The Bertz CT molecular complexity index is 582. The normalized spacial score (nSPS) is 15.7. The molecule has 1 aliphatic rings. The second-order valence-electron chi connectivity index (χ2n) is 6.64. The predicted octanol–water partition coefficient (Wildman–Crippen LogP) is 3.79. The fourth-order valence-electron chi connectivity index (χ4n) is 2.84. The van der Waals surface area contributed by atoms with Crippen LogP contribution in [-0.4, -0.2) is 31.6 Å². The number of benzene rings is 1. The average molecular weight is 314 g/mol. The maximum Gasteiger partial charge on any atom is 0.159 e. The highest BCUT2D eigenvalue weighted by molar-refractivity contribution is 5.95. The number of carbonyl (C=O) groups excluding carboxylic acids is 1. The third-order valence-electron chi connectivity index (χ3n) is 4.36. The Morgan fingerprint density at radius 3 is 2.65 bits per heavy atom. The molecular weight excluding hydrogens is 288 g/mol. The van der Waals surface area contributed by atoms with Gasteiger partial charge in [-0.05, 0) is 50.3 Å². The molecule has 0 N–H and O–H groups in total. The lowest BCUT2D eigenvalue weighted by Crippen LogP contribution is -2.37. The van der Waals surface area contributed by atoms with Gasteiger partial charge in [0, 0.05) is 25.3 Å². The molecule has 0 amide bonds. The van der Waals surface area contributed by atoms with Crippen molar-refractivity contribution < 1.29 is 9.53 Å². The van der Waals surface area contributed by atoms with Crippen molar-refractivity contribution in [3.63, 3.8) is 0 Å². The summed E-state index contributed by atoms with van der Waals surface area (Å²) in [6.07, 6.45) is 3.34. The molecule has 0 saturated carbocycles. The third kappa shape index (κ3) is 4.80. The fourth-order valence-corrected chi connectivity index (χ4v) is 2.84. The smallest absolute Gasteiger partial charge is 0.159 e. The lowest BCUT2D eigenvalue weighted by atomic mass is 10.0. The summed E-state index contributed by atoms with van der Waals surface area (Å²) in [5.74, 6) is 0.699. The number of rotatable bonds is 6. The molecule has 4 nitrogen and oxygen atoms in total. The van der Waals surface area contributed by atoms with E-state index in [2.05, 4.69) is 24.8 Å². The minimum atomic E-state index is 0.0302. The first-order valence-electron chi connectivity index (χ1n) is 8.43. The van der Waals surface area contributed by atoms with Crippen LogP contribution in [-0.2, 0) is 4.74 Å². The standard InChI is InChI=1S/C19H26N2O2/c1-14(2)8-11-23-18-6-9-21(10-7-18)19-12-16(15(3)22)4-5-17(19)13-20/h4-5,12,14,18H,6-11H2,1-3H3. The summed E-state index contributed by atoms with van der Waals surface area (Å²) in [6.45, 7) is 8.52. The van der Waals surface area contributed by atoms with Gasteiger partial charge in [0.05, 0.1) is 17.4 Å². The van der Waals surface area contributed by atoms with Gasteiger partial charge in [0.2, 0.25) is 0 Å². The van der Waals surface area contributed by atoms with Gasteiger partial charge in [-0.3, -0.25) is 4.79 Å². The van der Waals surface area contributed by atoms with E-state index in [0.717, 1.165) is 44.6 Å². The number of carbonyl (C=O) groups is 1. The van der Waals surface area contributed by atoms with Gasteiger partial charge in [0.15, 0.2) is 5.78 Å². The first-order chi connectivity index (χ1) is 11.0. The van der Waals surface area contributed by atoms with Crippen LogP contribution in [0.15, 0.2) is 18.2 Å². The Balaban J connectivity index is 1.98. The molecule has 124 valence electrons. The molecule has 0 spiro atoms. The number of hydrogen-bond donors (Lipinski definition) is 0. The van der Waals surface area contributed by atoms with Gasteiger partial charge < -0.3 is 9.64 Å². The van der Waals surface area contributed by atoms with Crippen molar-refractivity contribution in [3.8, 4) is 6.07 Å². The molecule has 0 atom stereocenters. The lowest BCUT2D eigenvalue weighted by Gasteiger charge is -2.34. The molecule has 0 bridgehead atoms. The van der Waals surface area contributed by atoms with Crippen molar-refractivity contribution >= 4 is 11.5 Å². The number of ether oxygens (including phenoxy) is 1. The van der Waals surface area contributed by atoms with E-state index in [1.807, 2.05) is 6.07 Å². The van der Waals surface area contributed by atoms with Crippen molar-refractivity contribution in [1.29, 1.82) is 5.26 Å². The second kappa shape index (κ2) is 8.12. The number of ketones is 1. The molecule has 1 aliphatic heterocycles. The molecule has 0 aromatic heterocycles. The molecule has 0 radical (unpaired) electrons. The maximum absolute atomic E-state index is 11.6. The highest BCUT2D eigenvalue weighted by atomic mass is 16.5. The highest BCUT2D eigenvalue weighted by Gasteiger charge is 2.22. The Hall–Kier alpha value is -1.86. The lowest BCUT2D eigenvalue weighted by molar-refractivity contribution is 0.0312. The fraction of sp³-hybridized carbons (Fsp3) is 0.579. The molecule has 1 saturated heterocycles. The van der Waals surface area contributed by atoms with Crippen molar-refractivity contribution in [1.82, 2.24) is 0 Å². The number of nitriles is 1. The third-order valence-corrected chi connectivity index (χ3v) is 4.36. The zero-order valence-electron chi connectivity index (χ0n) is 14.3. The molecule has 1 aromatic carbocycles. The molecule has 1 aromatic rings. The van der Waals surface area contributed by atoms with Crippen LogP contribution in [0.2, 0.25) is 0 Å². The summed E-state index contributed by atoms with van der Waals surface area (Å²) in [7, 11) is 0. The van der Waals surface area contributed by atoms with Gasteiger partial charge >= 0.3 is 0 Å². The van der Waals surface area contributed by atoms with Gasteiger partial charge in [0.1, 0.15) is 6.07 Å². The van der Waals surface area contributed by atoms with Crippen LogP contribution in [0.1, 0.15) is 56.0 Å². The van der Waals surface area contributed by atoms with Crippen LogP contribution in [0, 0.1) is 17.2 Å². The van der Waals surface area contributed by atoms with Crippen molar-refractivity contribution in [2.75, 3.05) is 24.6 Å². The number of piperidine rings is 1. The molecule has 0 unspecified atom stereocenters. The first kappa shape index (κ1) is 17.5. The van der Waals surface area contributed by atoms with E-state index in [0.29, 0.717) is 23.1 Å². The molecule has 4 heteroatoms. The summed E-state index contributed by atoms with van der Waals surface area (Å²) >= 11 is 0. The topological polar surface area (TPSA) is 53.3 Å². The van der Waals surface area contributed by atoms with E-state index in [1.165, 1.54) is 0 Å². The van der Waals surface area contributed by atoms with Crippen LogP contribution in [0.25, 0.3) is 0 Å². The van der Waals surface area contributed by atoms with E-state index >= 15 is 0 Å². The number of Topliss-reactive ketones (excluding diaryl/α,β-unsaturated/α-hetero) is 1. The predicted molar refractivity (Wildman–Crippen MR) is 91.8 cm³/mol. The molecule has 23 heavy (non-hydrogen) atoms. The molecule has 2 rings (SSSR count). The Morgan fingerprint density at radius 1 is 1.39 bits per heavy atom. The Morgan fingerprint density at radius 2 is 2.09 bits per heavy atom. The molecule has 1 fully saturated rings.